The molecule has 0 aliphatic heterocycles. The van der Waals surface area contributed by atoms with E-state index >= 15 is 0 Å². The molecule has 40 heavy (non-hydrogen) atoms. The Balaban J connectivity index is 1.62. The normalized spacial score (nSPS) is 12.2. The van der Waals surface area contributed by atoms with Crippen LogP contribution in [0.1, 0.15) is 27.8 Å². The van der Waals surface area contributed by atoms with Crippen LogP contribution < -0.4 is 0 Å². The molecule has 0 bridgehead atoms. The molecule has 4 heteroatoms. The Kier molecular flexibility index (Phi) is 6.88. The monoisotopic (exact) mass is 591 g/mol. The van der Waals surface area contributed by atoms with Crippen molar-refractivity contribution in [3.63, 3.8) is 0 Å². The first-order valence-corrected chi connectivity index (χ1v) is 18.3. The van der Waals surface area contributed by atoms with Crippen LogP contribution in [0.5, 0.6) is 0 Å². The van der Waals surface area contributed by atoms with Crippen LogP contribution in [0.25, 0.3) is 33.0 Å². The quantitative estimate of drug-likeness (QED) is 0.138. The SMILES string of the molecule is [Cl][Ti]([Cl])[O]C(c1ccccc1)(c1ccccc1)c1c(-c2cccc3c2Cc2ccccc2-3)ccc2ccccc12. The molecule has 1 aliphatic rings. The van der Waals surface area contributed by atoms with E-state index in [1.54, 1.807) is 0 Å². The van der Waals surface area contributed by atoms with Crippen molar-refractivity contribution in [1.82, 2.24) is 0 Å². The molecular weight excluding hydrogens is 567 g/mol. The molecule has 1 nitrogen and oxygen atoms in total. The Morgan fingerprint density at radius 3 is 1.80 bits per heavy atom. The Bertz CT molecular complexity index is 1790. The third-order valence-electron chi connectivity index (χ3n) is 8.01. The molecule has 193 valence electrons. The summed E-state index contributed by atoms with van der Waals surface area (Å²) in [6.07, 6.45) is 0.891. The minimum atomic E-state index is -2.93. The van der Waals surface area contributed by atoms with Gasteiger partial charge in [-0.3, -0.25) is 0 Å². The first-order chi connectivity index (χ1) is 19.7. The third-order valence-corrected chi connectivity index (χ3v) is 9.37. The molecule has 0 fully saturated rings. The predicted octanol–water partition coefficient (Wildman–Crippen LogP) is 10.2. The number of halogens is 2. The van der Waals surface area contributed by atoms with Gasteiger partial charge in [0, 0.05) is 0 Å². The summed E-state index contributed by atoms with van der Waals surface area (Å²) in [6, 6.07) is 49.2. The number of hydrogen-bond donors (Lipinski definition) is 0. The van der Waals surface area contributed by atoms with E-state index in [-0.39, 0.29) is 0 Å². The summed E-state index contributed by atoms with van der Waals surface area (Å²) in [6.45, 7) is 0. The molecule has 0 spiro atoms. The van der Waals surface area contributed by atoms with Crippen molar-refractivity contribution in [2.45, 2.75) is 12.0 Å². The summed E-state index contributed by atoms with van der Waals surface area (Å²) in [5.74, 6) is 0. The molecule has 6 aromatic carbocycles. The van der Waals surface area contributed by atoms with Crippen molar-refractivity contribution in [2.24, 2.45) is 0 Å². The second-order valence-electron chi connectivity index (χ2n) is 10.1. The van der Waals surface area contributed by atoms with E-state index in [1.807, 2.05) is 12.1 Å². The van der Waals surface area contributed by atoms with Gasteiger partial charge < -0.3 is 0 Å². The van der Waals surface area contributed by atoms with Crippen LogP contribution in [0.2, 0.25) is 0 Å². The van der Waals surface area contributed by atoms with Crippen LogP contribution in [0.15, 0.2) is 140 Å². The average molecular weight is 592 g/mol. The first-order valence-electron chi connectivity index (χ1n) is 13.4. The molecule has 0 aromatic heterocycles. The van der Waals surface area contributed by atoms with Crippen molar-refractivity contribution < 1.29 is 19.5 Å². The van der Waals surface area contributed by atoms with Gasteiger partial charge >= 0.3 is 250 Å². The van der Waals surface area contributed by atoms with Gasteiger partial charge in [-0.15, -0.1) is 0 Å². The van der Waals surface area contributed by atoms with Crippen LogP contribution >= 0.6 is 18.6 Å². The van der Waals surface area contributed by atoms with Gasteiger partial charge in [0.05, 0.1) is 0 Å². The Labute approximate surface area is 249 Å². The number of rotatable bonds is 6. The molecule has 0 unspecified atom stereocenters. The maximum atomic E-state index is 6.95. The minimum absolute atomic E-state index is 0.891. The van der Waals surface area contributed by atoms with Crippen LogP contribution in [0.3, 0.4) is 0 Å². The molecule has 0 heterocycles. The van der Waals surface area contributed by atoms with Crippen LogP contribution in [-0.4, -0.2) is 0 Å². The van der Waals surface area contributed by atoms with Gasteiger partial charge in [0.15, 0.2) is 0 Å². The van der Waals surface area contributed by atoms with Crippen LogP contribution in [0.4, 0.5) is 0 Å². The van der Waals surface area contributed by atoms with Gasteiger partial charge in [0.25, 0.3) is 0 Å². The van der Waals surface area contributed by atoms with E-state index in [1.165, 1.54) is 27.8 Å². The fourth-order valence-electron chi connectivity index (χ4n) is 6.37. The molecule has 0 amide bonds. The number of benzene rings is 6. The summed E-state index contributed by atoms with van der Waals surface area (Å²) in [5, 5.41) is 2.26. The van der Waals surface area contributed by atoms with Crippen LogP contribution in [-0.2, 0) is 31.5 Å². The molecular formula is C36H25Cl2OTi. The van der Waals surface area contributed by atoms with Crippen molar-refractivity contribution in [3.05, 3.63) is 167 Å². The van der Waals surface area contributed by atoms with Gasteiger partial charge in [-0.1, -0.05) is 0 Å². The third kappa shape index (κ3) is 4.25. The zero-order valence-electron chi connectivity index (χ0n) is 21.7. The maximum absolute atomic E-state index is 6.95. The predicted molar refractivity (Wildman–Crippen MR) is 163 cm³/mol. The van der Waals surface area contributed by atoms with Crippen molar-refractivity contribution in [3.8, 4) is 22.3 Å². The van der Waals surface area contributed by atoms with Crippen molar-refractivity contribution in [2.75, 3.05) is 0 Å². The summed E-state index contributed by atoms with van der Waals surface area (Å²) in [7, 11) is 13.5. The zero-order valence-corrected chi connectivity index (χ0v) is 24.7. The van der Waals surface area contributed by atoms with Crippen molar-refractivity contribution >= 4 is 29.4 Å². The molecule has 6 aromatic rings. The fourth-order valence-corrected chi connectivity index (χ4v) is 8.21. The second kappa shape index (κ2) is 10.7. The number of hydrogen-bond acceptors (Lipinski definition) is 1. The molecule has 0 N–H and O–H groups in total. The van der Waals surface area contributed by atoms with E-state index in [2.05, 4.69) is 127 Å². The van der Waals surface area contributed by atoms with E-state index in [0.717, 1.165) is 39.4 Å². The topological polar surface area (TPSA) is 9.23 Å². The van der Waals surface area contributed by atoms with Crippen molar-refractivity contribution in [1.29, 1.82) is 0 Å². The van der Waals surface area contributed by atoms with E-state index in [0.29, 0.717) is 0 Å². The van der Waals surface area contributed by atoms with Gasteiger partial charge in [0.1, 0.15) is 0 Å². The standard InChI is InChI=1S/C36H25O.2ClH.Ti/c37-36(27-14-3-1-4-15-27,28-16-5-2-6-17-28)35-30-19-10-7-12-25(30)22-23-33(35)32-21-11-20-31-29-18-9-8-13-26(29)24-34(31)32;;;/h1-23H,24H2;2*1H;/q-1;;;+3/p-2. The van der Waals surface area contributed by atoms with E-state index < -0.39 is 21.7 Å². The molecule has 0 radical (unpaired) electrons. The van der Waals surface area contributed by atoms with Gasteiger partial charge in [-0.2, -0.15) is 0 Å². The van der Waals surface area contributed by atoms with E-state index in [9.17, 15) is 0 Å². The van der Waals surface area contributed by atoms with Gasteiger partial charge in [-0.25, -0.2) is 0 Å². The second-order valence-corrected chi connectivity index (χ2v) is 14.8. The molecule has 0 atom stereocenters. The first kappa shape index (κ1) is 25.8. The average Bonchev–Trinajstić information content (AvgIpc) is 3.39. The Morgan fingerprint density at radius 2 is 1.10 bits per heavy atom. The summed E-state index contributed by atoms with van der Waals surface area (Å²) < 4.78 is 6.95. The fraction of sp³-hybridized carbons (Fsp3) is 0.0556. The van der Waals surface area contributed by atoms with Gasteiger partial charge in [0.2, 0.25) is 0 Å². The van der Waals surface area contributed by atoms with E-state index in [4.69, 9.17) is 21.9 Å². The van der Waals surface area contributed by atoms with Gasteiger partial charge in [-0.05, 0) is 0 Å². The Hall–Kier alpha value is -3.17. The summed E-state index contributed by atoms with van der Waals surface area (Å²) in [4.78, 5) is 0. The molecule has 7 rings (SSSR count). The zero-order chi connectivity index (χ0) is 27.1. The Morgan fingerprint density at radius 1 is 0.525 bits per heavy atom. The molecule has 0 saturated carbocycles. The summed E-state index contributed by atoms with van der Waals surface area (Å²) in [5.41, 5.74) is 9.70. The van der Waals surface area contributed by atoms with Crippen LogP contribution in [0, 0.1) is 0 Å². The summed E-state index contributed by atoms with van der Waals surface area (Å²) >= 11 is -2.93. The number of fused-ring (bicyclic) bond motifs is 4. The molecule has 1 aliphatic carbocycles. The molecule has 0 saturated heterocycles.